The lowest BCUT2D eigenvalue weighted by atomic mass is 10.2. The summed E-state index contributed by atoms with van der Waals surface area (Å²) in [6, 6.07) is 8.93. The molecule has 1 aromatic carbocycles. The highest BCUT2D eigenvalue weighted by Crippen LogP contribution is 2.22. The van der Waals surface area contributed by atoms with Crippen LogP contribution in [0.15, 0.2) is 29.2 Å². The third-order valence-electron chi connectivity index (χ3n) is 2.39. The summed E-state index contributed by atoms with van der Waals surface area (Å²) in [4.78, 5) is 1.36. The van der Waals surface area contributed by atoms with Crippen LogP contribution in [0.3, 0.4) is 0 Å². The van der Waals surface area contributed by atoms with Crippen LogP contribution in [0, 0.1) is 6.92 Å². The van der Waals surface area contributed by atoms with Gasteiger partial charge >= 0.3 is 0 Å². The molecule has 1 N–H and O–H groups in total. The molecule has 1 unspecified atom stereocenters. The Hall–Kier alpha value is -0.510. The molecule has 0 aromatic heterocycles. The van der Waals surface area contributed by atoms with Gasteiger partial charge in [0.2, 0.25) is 0 Å². The number of nitrogens with one attached hydrogen (secondary N) is 1. The molecule has 16 heavy (non-hydrogen) atoms. The van der Waals surface area contributed by atoms with E-state index in [2.05, 4.69) is 43.4 Å². The quantitative estimate of drug-likeness (QED) is 0.739. The Morgan fingerprint density at radius 1 is 1.38 bits per heavy atom. The molecule has 90 valence electrons. The summed E-state index contributed by atoms with van der Waals surface area (Å²) in [5, 5.41) is 3.43. The van der Waals surface area contributed by atoms with E-state index in [-0.39, 0.29) is 0 Å². The topological polar surface area (TPSA) is 21.3 Å². The molecule has 0 aliphatic carbocycles. The number of thioether (sulfide) groups is 1. The molecular weight excluding hydrogens is 218 g/mol. The van der Waals surface area contributed by atoms with Crippen LogP contribution in [-0.4, -0.2) is 32.1 Å². The molecule has 1 rings (SSSR count). The van der Waals surface area contributed by atoms with Crippen molar-refractivity contribution < 1.29 is 4.74 Å². The molecule has 0 spiro atoms. The lowest BCUT2D eigenvalue weighted by Gasteiger charge is -2.16. The van der Waals surface area contributed by atoms with Crippen molar-refractivity contribution in [1.82, 2.24) is 5.32 Å². The standard InChI is InChI=1S/C13H21NOS/c1-4-14-12(9-15-3)10-16-13-8-6-5-7-11(13)2/h5-8,12,14H,4,9-10H2,1-3H3. The van der Waals surface area contributed by atoms with E-state index in [1.807, 2.05) is 11.8 Å². The van der Waals surface area contributed by atoms with Crippen molar-refractivity contribution in [2.75, 3.05) is 26.0 Å². The third kappa shape index (κ3) is 4.56. The molecule has 0 saturated carbocycles. The highest BCUT2D eigenvalue weighted by Gasteiger charge is 2.08. The molecule has 0 heterocycles. The second-order valence-corrected chi connectivity index (χ2v) is 4.85. The summed E-state index contributed by atoms with van der Waals surface area (Å²) in [5.41, 5.74) is 1.35. The van der Waals surface area contributed by atoms with Gasteiger partial charge in [-0.25, -0.2) is 0 Å². The van der Waals surface area contributed by atoms with E-state index < -0.39 is 0 Å². The highest BCUT2D eigenvalue weighted by molar-refractivity contribution is 7.99. The van der Waals surface area contributed by atoms with Gasteiger partial charge in [0.1, 0.15) is 0 Å². The molecule has 0 bridgehead atoms. The maximum absolute atomic E-state index is 5.20. The van der Waals surface area contributed by atoms with Crippen LogP contribution in [0.5, 0.6) is 0 Å². The number of likely N-dealkylation sites (N-methyl/N-ethyl adjacent to an activating group) is 1. The average molecular weight is 239 g/mol. The van der Waals surface area contributed by atoms with Gasteiger partial charge in [-0.3, -0.25) is 0 Å². The van der Waals surface area contributed by atoms with E-state index >= 15 is 0 Å². The fourth-order valence-corrected chi connectivity index (χ4v) is 2.63. The zero-order chi connectivity index (χ0) is 11.8. The van der Waals surface area contributed by atoms with E-state index in [0.717, 1.165) is 18.9 Å². The fourth-order valence-electron chi connectivity index (χ4n) is 1.56. The van der Waals surface area contributed by atoms with Crippen LogP contribution in [-0.2, 0) is 4.74 Å². The second-order valence-electron chi connectivity index (χ2n) is 3.79. The number of hydrogen-bond donors (Lipinski definition) is 1. The van der Waals surface area contributed by atoms with E-state index in [1.54, 1.807) is 7.11 Å². The Morgan fingerprint density at radius 2 is 2.12 bits per heavy atom. The van der Waals surface area contributed by atoms with Crippen LogP contribution in [0.1, 0.15) is 12.5 Å². The SMILES string of the molecule is CCNC(COC)CSc1ccccc1C. The van der Waals surface area contributed by atoms with Crippen LogP contribution in [0.4, 0.5) is 0 Å². The molecule has 0 fully saturated rings. The van der Waals surface area contributed by atoms with Crippen molar-refractivity contribution in [2.45, 2.75) is 24.8 Å². The van der Waals surface area contributed by atoms with Gasteiger partial charge in [0.15, 0.2) is 0 Å². The summed E-state index contributed by atoms with van der Waals surface area (Å²) in [6.07, 6.45) is 0. The van der Waals surface area contributed by atoms with Gasteiger partial charge in [-0.2, -0.15) is 0 Å². The Labute approximate surface area is 103 Å². The molecule has 3 heteroatoms. The van der Waals surface area contributed by atoms with E-state index in [1.165, 1.54) is 10.5 Å². The smallest absolute Gasteiger partial charge is 0.0624 e. The number of ether oxygens (including phenoxy) is 1. The number of methoxy groups -OCH3 is 1. The van der Waals surface area contributed by atoms with Gasteiger partial charge in [0.25, 0.3) is 0 Å². The van der Waals surface area contributed by atoms with Gasteiger partial charge in [0.05, 0.1) is 6.61 Å². The van der Waals surface area contributed by atoms with Crippen molar-refractivity contribution in [3.05, 3.63) is 29.8 Å². The lowest BCUT2D eigenvalue weighted by molar-refractivity contribution is 0.174. The minimum absolute atomic E-state index is 0.430. The maximum Gasteiger partial charge on any atom is 0.0624 e. The number of benzene rings is 1. The van der Waals surface area contributed by atoms with E-state index in [0.29, 0.717) is 6.04 Å². The van der Waals surface area contributed by atoms with Gasteiger partial charge in [-0.05, 0) is 25.1 Å². The van der Waals surface area contributed by atoms with Crippen molar-refractivity contribution in [3.8, 4) is 0 Å². The van der Waals surface area contributed by atoms with E-state index in [4.69, 9.17) is 4.74 Å². The van der Waals surface area contributed by atoms with Crippen molar-refractivity contribution in [3.63, 3.8) is 0 Å². The third-order valence-corrected chi connectivity index (χ3v) is 3.73. The first kappa shape index (κ1) is 13.6. The summed E-state index contributed by atoms with van der Waals surface area (Å²) < 4.78 is 5.20. The van der Waals surface area contributed by atoms with E-state index in [9.17, 15) is 0 Å². The second kappa shape index (κ2) is 7.71. The van der Waals surface area contributed by atoms with Gasteiger partial charge in [0, 0.05) is 23.8 Å². The molecule has 0 radical (unpaired) electrons. The molecule has 0 aliphatic heterocycles. The monoisotopic (exact) mass is 239 g/mol. The van der Waals surface area contributed by atoms with Crippen LogP contribution < -0.4 is 5.32 Å². The fraction of sp³-hybridized carbons (Fsp3) is 0.538. The van der Waals surface area contributed by atoms with Crippen LogP contribution in [0.2, 0.25) is 0 Å². The molecule has 2 nitrogen and oxygen atoms in total. The average Bonchev–Trinajstić information content (AvgIpc) is 2.28. The number of aryl methyl sites for hydroxylation is 1. The molecule has 1 atom stereocenters. The van der Waals surface area contributed by atoms with Crippen LogP contribution in [0.25, 0.3) is 0 Å². The maximum atomic E-state index is 5.20. The molecule has 0 saturated heterocycles. The first-order valence-corrected chi connectivity index (χ1v) is 6.67. The van der Waals surface area contributed by atoms with Crippen LogP contribution >= 0.6 is 11.8 Å². The number of rotatable bonds is 7. The predicted molar refractivity (Wildman–Crippen MR) is 71.2 cm³/mol. The first-order chi connectivity index (χ1) is 7.77. The molecular formula is C13H21NOS. The summed E-state index contributed by atoms with van der Waals surface area (Å²) in [5.74, 6) is 1.05. The largest absolute Gasteiger partial charge is 0.383 e. The minimum Gasteiger partial charge on any atom is -0.383 e. The number of hydrogen-bond acceptors (Lipinski definition) is 3. The Kier molecular flexibility index (Phi) is 6.53. The lowest BCUT2D eigenvalue weighted by Crippen LogP contribution is -2.35. The Morgan fingerprint density at radius 3 is 2.75 bits per heavy atom. The molecule has 1 aromatic rings. The Bertz CT molecular complexity index is 298. The highest BCUT2D eigenvalue weighted by atomic mass is 32.2. The summed E-state index contributed by atoms with van der Waals surface area (Å²) in [6.45, 7) is 6.04. The predicted octanol–water partition coefficient (Wildman–Crippen LogP) is 2.71. The van der Waals surface area contributed by atoms with Gasteiger partial charge in [-0.15, -0.1) is 11.8 Å². The van der Waals surface area contributed by atoms with Gasteiger partial charge in [-0.1, -0.05) is 25.1 Å². The first-order valence-electron chi connectivity index (χ1n) is 5.68. The molecule has 0 amide bonds. The zero-order valence-electron chi connectivity index (χ0n) is 10.3. The normalized spacial score (nSPS) is 12.7. The summed E-state index contributed by atoms with van der Waals surface area (Å²) >= 11 is 1.89. The van der Waals surface area contributed by atoms with Gasteiger partial charge < -0.3 is 10.1 Å². The van der Waals surface area contributed by atoms with Crippen molar-refractivity contribution in [2.24, 2.45) is 0 Å². The minimum atomic E-state index is 0.430. The Balaban J connectivity index is 2.45. The molecule has 0 aliphatic rings. The summed E-state index contributed by atoms with van der Waals surface area (Å²) in [7, 11) is 1.75. The van der Waals surface area contributed by atoms with Crippen molar-refractivity contribution >= 4 is 11.8 Å². The zero-order valence-corrected chi connectivity index (χ0v) is 11.1. The van der Waals surface area contributed by atoms with Crippen molar-refractivity contribution in [1.29, 1.82) is 0 Å².